The van der Waals surface area contributed by atoms with Gasteiger partial charge in [-0.2, -0.15) is 0 Å². The molecule has 178 valence electrons. The van der Waals surface area contributed by atoms with Gasteiger partial charge in [-0.25, -0.2) is 15.0 Å². The Morgan fingerprint density at radius 2 is 1.83 bits per heavy atom. The number of aromatic nitrogens is 4. The third-order valence-electron chi connectivity index (χ3n) is 7.45. The van der Waals surface area contributed by atoms with Crippen molar-refractivity contribution in [3.05, 3.63) is 71.3 Å². The predicted molar refractivity (Wildman–Crippen MR) is 130 cm³/mol. The predicted octanol–water partition coefficient (Wildman–Crippen LogP) is 4.40. The summed E-state index contributed by atoms with van der Waals surface area (Å²) < 4.78 is 7.66. The van der Waals surface area contributed by atoms with Crippen LogP contribution in [-0.4, -0.2) is 60.2 Å². The van der Waals surface area contributed by atoms with Crippen molar-refractivity contribution in [1.82, 2.24) is 29.2 Å². The highest BCUT2D eigenvalue weighted by Crippen LogP contribution is 2.40. The molecule has 2 aliphatic heterocycles. The largest absolute Gasteiger partial charge is 0.448 e. The Balaban J connectivity index is 1.15. The molecule has 2 unspecified atom stereocenters. The van der Waals surface area contributed by atoms with Crippen molar-refractivity contribution in [3.63, 3.8) is 0 Å². The van der Waals surface area contributed by atoms with Gasteiger partial charge >= 0.3 is 0 Å². The molecule has 5 heterocycles. The minimum atomic E-state index is 0.00801. The minimum absolute atomic E-state index is 0.00801. The first kappa shape index (κ1) is 21.1. The molecule has 3 fully saturated rings. The molecule has 9 heteroatoms. The zero-order valence-electron chi connectivity index (χ0n) is 19.2. The molecule has 0 N–H and O–H groups in total. The molecule has 4 aromatic rings. The van der Waals surface area contributed by atoms with Gasteiger partial charge in [0.2, 0.25) is 5.78 Å². The van der Waals surface area contributed by atoms with E-state index in [1.165, 1.54) is 0 Å². The van der Waals surface area contributed by atoms with E-state index in [0.29, 0.717) is 22.4 Å². The van der Waals surface area contributed by atoms with E-state index in [2.05, 4.69) is 24.2 Å². The molecule has 3 aromatic heterocycles. The normalized spacial score (nSPS) is 22.3. The number of halogens is 1. The zero-order valence-corrected chi connectivity index (χ0v) is 19.9. The van der Waals surface area contributed by atoms with Crippen molar-refractivity contribution < 1.29 is 9.21 Å². The Labute approximate surface area is 207 Å². The Morgan fingerprint density at radius 3 is 2.57 bits per heavy atom. The molecule has 7 rings (SSSR count). The van der Waals surface area contributed by atoms with Crippen LogP contribution < -0.4 is 0 Å². The summed E-state index contributed by atoms with van der Waals surface area (Å²) >= 11 is 6.13. The van der Waals surface area contributed by atoms with Gasteiger partial charge in [0.1, 0.15) is 6.26 Å². The summed E-state index contributed by atoms with van der Waals surface area (Å²) in [7, 11) is 0. The van der Waals surface area contributed by atoms with Crippen molar-refractivity contribution in [1.29, 1.82) is 0 Å². The third-order valence-corrected chi connectivity index (χ3v) is 7.71. The monoisotopic (exact) mass is 488 g/mol. The standard InChI is InChI=1S/C26H25ClN6O2/c27-18-6-4-16(5-7-18)23-22(32-11-1-10-28-26(32)30-23)14-31-12-19-8-9-20(13-31)33(19)25(34)21-15-35-24(29-21)17-2-3-17/h1,4-7,10-11,15,17,19-20H,2-3,8-9,12-14H2. The van der Waals surface area contributed by atoms with Gasteiger partial charge in [-0.05, 0) is 43.9 Å². The maximum Gasteiger partial charge on any atom is 0.276 e. The maximum absolute atomic E-state index is 13.3. The summed E-state index contributed by atoms with van der Waals surface area (Å²) in [5.41, 5.74) is 3.49. The molecular weight excluding hydrogens is 464 g/mol. The van der Waals surface area contributed by atoms with Crippen LogP contribution in [0.4, 0.5) is 0 Å². The topological polar surface area (TPSA) is 79.8 Å². The average molecular weight is 489 g/mol. The van der Waals surface area contributed by atoms with Crippen LogP contribution in [0.15, 0.2) is 53.4 Å². The fourth-order valence-corrected chi connectivity index (χ4v) is 5.75. The Bertz CT molecular complexity index is 1390. The molecule has 2 atom stereocenters. The highest BCUT2D eigenvalue weighted by atomic mass is 35.5. The number of fused-ring (bicyclic) bond motifs is 3. The Kier molecular flexibility index (Phi) is 4.92. The lowest BCUT2D eigenvalue weighted by atomic mass is 10.1. The van der Waals surface area contributed by atoms with Crippen LogP contribution in [0.1, 0.15) is 53.7 Å². The van der Waals surface area contributed by atoms with Gasteiger partial charge < -0.3 is 9.32 Å². The lowest BCUT2D eigenvalue weighted by Crippen LogP contribution is -2.55. The van der Waals surface area contributed by atoms with Crippen LogP contribution in [0, 0.1) is 0 Å². The molecule has 0 radical (unpaired) electrons. The first-order valence-corrected chi connectivity index (χ1v) is 12.6. The molecule has 1 amide bonds. The fourth-order valence-electron chi connectivity index (χ4n) is 5.62. The fraction of sp³-hybridized carbons (Fsp3) is 0.385. The summed E-state index contributed by atoms with van der Waals surface area (Å²) in [6.07, 6.45) is 9.56. The van der Waals surface area contributed by atoms with Gasteiger partial charge in [-0.3, -0.25) is 14.1 Å². The highest BCUT2D eigenvalue weighted by Gasteiger charge is 2.44. The number of carbonyl (C=O) groups excluding carboxylic acids is 1. The molecule has 1 saturated carbocycles. The molecular formula is C26H25ClN6O2. The Morgan fingerprint density at radius 1 is 1.06 bits per heavy atom. The molecule has 2 bridgehead atoms. The van der Waals surface area contributed by atoms with E-state index in [1.807, 2.05) is 36.5 Å². The number of oxazole rings is 1. The number of rotatable bonds is 5. The number of amides is 1. The van der Waals surface area contributed by atoms with Gasteiger partial charge in [0.15, 0.2) is 11.6 Å². The van der Waals surface area contributed by atoms with Gasteiger partial charge in [-0.15, -0.1) is 0 Å². The number of benzene rings is 1. The van der Waals surface area contributed by atoms with E-state index in [0.717, 1.165) is 68.2 Å². The number of likely N-dealkylation sites (tertiary alicyclic amines) is 1. The molecule has 1 aromatic carbocycles. The van der Waals surface area contributed by atoms with Crippen LogP contribution >= 0.6 is 11.6 Å². The van der Waals surface area contributed by atoms with Crippen molar-refractivity contribution in [2.75, 3.05) is 13.1 Å². The summed E-state index contributed by atoms with van der Waals surface area (Å²) in [6.45, 7) is 2.38. The van der Waals surface area contributed by atoms with E-state index < -0.39 is 0 Å². The Hall–Kier alpha value is -3.23. The lowest BCUT2D eigenvalue weighted by Gasteiger charge is -2.40. The smallest absolute Gasteiger partial charge is 0.276 e. The van der Waals surface area contributed by atoms with Gasteiger partial charge in [0.05, 0.1) is 11.4 Å². The van der Waals surface area contributed by atoms with Crippen molar-refractivity contribution >= 4 is 23.3 Å². The summed E-state index contributed by atoms with van der Waals surface area (Å²) in [4.78, 5) is 31.6. The molecule has 3 aliphatic rings. The minimum Gasteiger partial charge on any atom is -0.448 e. The van der Waals surface area contributed by atoms with Gasteiger partial charge in [0, 0.05) is 60.6 Å². The summed E-state index contributed by atoms with van der Waals surface area (Å²) in [6, 6.07) is 10.1. The molecule has 0 spiro atoms. The lowest BCUT2D eigenvalue weighted by molar-refractivity contribution is 0.0397. The van der Waals surface area contributed by atoms with E-state index in [1.54, 1.807) is 12.5 Å². The van der Waals surface area contributed by atoms with Crippen LogP contribution in [0.25, 0.3) is 17.0 Å². The van der Waals surface area contributed by atoms with Crippen LogP contribution in [0.5, 0.6) is 0 Å². The number of hydrogen-bond acceptors (Lipinski definition) is 6. The third kappa shape index (κ3) is 3.72. The van der Waals surface area contributed by atoms with Crippen LogP contribution in [0.2, 0.25) is 5.02 Å². The number of hydrogen-bond donors (Lipinski definition) is 0. The first-order valence-electron chi connectivity index (χ1n) is 12.2. The summed E-state index contributed by atoms with van der Waals surface area (Å²) in [5.74, 6) is 1.81. The van der Waals surface area contributed by atoms with E-state index in [-0.39, 0.29) is 18.0 Å². The number of piperazine rings is 1. The first-order chi connectivity index (χ1) is 17.1. The number of nitrogens with zero attached hydrogens (tertiary/aromatic N) is 6. The molecule has 35 heavy (non-hydrogen) atoms. The maximum atomic E-state index is 13.3. The number of carbonyl (C=O) groups is 1. The van der Waals surface area contributed by atoms with Crippen LogP contribution in [0.3, 0.4) is 0 Å². The van der Waals surface area contributed by atoms with Crippen molar-refractivity contribution in [3.8, 4) is 11.3 Å². The van der Waals surface area contributed by atoms with Gasteiger partial charge in [0.25, 0.3) is 5.91 Å². The van der Waals surface area contributed by atoms with E-state index >= 15 is 0 Å². The molecule has 1 aliphatic carbocycles. The second-order valence-electron chi connectivity index (χ2n) is 9.84. The molecule has 2 saturated heterocycles. The second-order valence-corrected chi connectivity index (χ2v) is 10.3. The second kappa shape index (κ2) is 8.17. The van der Waals surface area contributed by atoms with E-state index in [4.69, 9.17) is 21.0 Å². The van der Waals surface area contributed by atoms with Crippen molar-refractivity contribution in [2.24, 2.45) is 0 Å². The molecule has 8 nitrogen and oxygen atoms in total. The van der Waals surface area contributed by atoms with Gasteiger partial charge in [-0.1, -0.05) is 23.7 Å². The SMILES string of the molecule is O=C(c1coc(C2CC2)n1)N1C2CCC1CN(Cc1c(-c3ccc(Cl)cc3)nc3ncccn13)C2. The zero-order chi connectivity index (χ0) is 23.5. The van der Waals surface area contributed by atoms with Crippen LogP contribution in [-0.2, 0) is 6.54 Å². The highest BCUT2D eigenvalue weighted by molar-refractivity contribution is 6.30. The average Bonchev–Trinajstić information content (AvgIpc) is 3.39. The quantitative estimate of drug-likeness (QED) is 0.414. The van der Waals surface area contributed by atoms with Crippen molar-refractivity contribution in [2.45, 2.75) is 50.2 Å². The number of imidazole rings is 1. The van der Waals surface area contributed by atoms with E-state index in [9.17, 15) is 4.79 Å². The summed E-state index contributed by atoms with van der Waals surface area (Å²) in [5, 5.41) is 0.700.